The fraction of sp³-hybridized carbons (Fsp3) is 0.571. The third-order valence-corrected chi connectivity index (χ3v) is 2.66. The fourth-order valence-electron chi connectivity index (χ4n) is 2.04. The van der Waals surface area contributed by atoms with Gasteiger partial charge in [-0.2, -0.15) is 0 Å². The van der Waals surface area contributed by atoms with Crippen LogP contribution in [0.3, 0.4) is 0 Å². The van der Waals surface area contributed by atoms with Crippen LogP contribution in [0.4, 0.5) is 0 Å². The van der Waals surface area contributed by atoms with Gasteiger partial charge in [-0.05, 0) is 31.7 Å². The zero-order valence-electron chi connectivity index (χ0n) is 10.3. The first-order valence-electron chi connectivity index (χ1n) is 5.90. The van der Waals surface area contributed by atoms with Crippen LogP contribution < -0.4 is 5.32 Å². The highest BCUT2D eigenvalue weighted by Gasteiger charge is 2.09. The van der Waals surface area contributed by atoms with Crippen molar-refractivity contribution in [1.29, 1.82) is 0 Å². The highest BCUT2D eigenvalue weighted by molar-refractivity contribution is 5.18. The van der Waals surface area contributed by atoms with Crippen LogP contribution in [0.2, 0.25) is 0 Å². The number of hydrogen-bond acceptors (Lipinski definition) is 1. The van der Waals surface area contributed by atoms with Crippen molar-refractivity contribution >= 4 is 0 Å². The summed E-state index contributed by atoms with van der Waals surface area (Å²) in [5, 5.41) is 3.63. The molecule has 15 heavy (non-hydrogen) atoms. The lowest BCUT2D eigenvalue weighted by atomic mass is 10.0. The lowest BCUT2D eigenvalue weighted by Gasteiger charge is -2.21. The van der Waals surface area contributed by atoms with Gasteiger partial charge >= 0.3 is 0 Å². The minimum absolute atomic E-state index is 0.444. The van der Waals surface area contributed by atoms with Gasteiger partial charge in [-0.25, -0.2) is 0 Å². The molecule has 0 aliphatic carbocycles. The van der Waals surface area contributed by atoms with Crippen LogP contribution >= 0.6 is 0 Å². The van der Waals surface area contributed by atoms with Crippen molar-refractivity contribution < 1.29 is 0 Å². The lowest BCUT2D eigenvalue weighted by Crippen LogP contribution is -2.30. The first-order valence-corrected chi connectivity index (χ1v) is 5.90. The summed E-state index contributed by atoms with van der Waals surface area (Å²) in [4.78, 5) is 0. The summed E-state index contributed by atoms with van der Waals surface area (Å²) in [6.07, 6.45) is 1.23. The van der Waals surface area contributed by atoms with Crippen LogP contribution in [0, 0.1) is 5.92 Å². The summed E-state index contributed by atoms with van der Waals surface area (Å²) in [5.41, 5.74) is 1.37. The number of rotatable bonds is 5. The van der Waals surface area contributed by atoms with Crippen molar-refractivity contribution in [3.05, 3.63) is 35.9 Å². The molecule has 2 atom stereocenters. The Morgan fingerprint density at radius 2 is 1.60 bits per heavy atom. The van der Waals surface area contributed by atoms with E-state index < -0.39 is 0 Å². The zero-order valence-corrected chi connectivity index (χ0v) is 10.3. The second-order valence-electron chi connectivity index (χ2n) is 4.83. The van der Waals surface area contributed by atoms with Gasteiger partial charge in [0.15, 0.2) is 0 Å². The van der Waals surface area contributed by atoms with E-state index in [1.165, 1.54) is 12.0 Å². The predicted molar refractivity (Wildman–Crippen MR) is 66.9 cm³/mol. The Hall–Kier alpha value is -0.820. The second kappa shape index (κ2) is 5.92. The van der Waals surface area contributed by atoms with E-state index in [0.717, 1.165) is 5.92 Å². The molecule has 1 N–H and O–H groups in total. The van der Waals surface area contributed by atoms with Gasteiger partial charge in [0.1, 0.15) is 0 Å². The summed E-state index contributed by atoms with van der Waals surface area (Å²) >= 11 is 0. The summed E-state index contributed by atoms with van der Waals surface area (Å²) in [5.74, 6) is 0.760. The summed E-state index contributed by atoms with van der Waals surface area (Å²) in [6, 6.07) is 11.6. The molecule has 0 bridgehead atoms. The van der Waals surface area contributed by atoms with E-state index in [1.807, 2.05) is 0 Å². The highest BCUT2D eigenvalue weighted by Crippen LogP contribution is 2.14. The van der Waals surface area contributed by atoms with Crippen molar-refractivity contribution in [2.45, 2.75) is 46.2 Å². The molecule has 1 nitrogen and oxygen atoms in total. The van der Waals surface area contributed by atoms with Gasteiger partial charge in [-0.1, -0.05) is 44.2 Å². The molecule has 1 aromatic rings. The molecule has 0 radical (unpaired) electrons. The van der Waals surface area contributed by atoms with Crippen molar-refractivity contribution in [3.63, 3.8) is 0 Å². The van der Waals surface area contributed by atoms with Gasteiger partial charge in [0.05, 0.1) is 0 Å². The molecule has 0 amide bonds. The van der Waals surface area contributed by atoms with Gasteiger partial charge in [0, 0.05) is 12.1 Å². The van der Waals surface area contributed by atoms with E-state index in [2.05, 4.69) is 63.3 Å². The van der Waals surface area contributed by atoms with Crippen LogP contribution in [0.1, 0.15) is 45.7 Å². The monoisotopic (exact) mass is 205 g/mol. The van der Waals surface area contributed by atoms with E-state index in [4.69, 9.17) is 0 Å². The highest BCUT2D eigenvalue weighted by atomic mass is 14.9. The molecule has 1 aromatic carbocycles. The molecule has 84 valence electrons. The second-order valence-corrected chi connectivity index (χ2v) is 4.83. The average Bonchev–Trinajstić information content (AvgIpc) is 2.17. The molecule has 0 heterocycles. The molecule has 0 aromatic heterocycles. The lowest BCUT2D eigenvalue weighted by molar-refractivity contribution is 0.407. The Kier molecular flexibility index (Phi) is 4.83. The Morgan fingerprint density at radius 3 is 2.13 bits per heavy atom. The SMILES string of the molecule is CC(C)C[C@@H](C)N[C@@H](C)c1ccccc1. The van der Waals surface area contributed by atoms with Crippen LogP contribution in [0.15, 0.2) is 30.3 Å². The molecule has 1 heteroatoms. The normalized spacial score (nSPS) is 15.3. The molecule has 0 aliphatic rings. The molecule has 0 fully saturated rings. The van der Waals surface area contributed by atoms with E-state index in [9.17, 15) is 0 Å². The minimum atomic E-state index is 0.444. The topological polar surface area (TPSA) is 12.0 Å². The van der Waals surface area contributed by atoms with Crippen LogP contribution in [0.5, 0.6) is 0 Å². The average molecular weight is 205 g/mol. The van der Waals surface area contributed by atoms with E-state index in [-0.39, 0.29) is 0 Å². The van der Waals surface area contributed by atoms with Crippen molar-refractivity contribution in [2.75, 3.05) is 0 Å². The molecule has 0 unspecified atom stereocenters. The van der Waals surface area contributed by atoms with Gasteiger partial charge in [-0.15, -0.1) is 0 Å². The van der Waals surface area contributed by atoms with Gasteiger partial charge in [0.25, 0.3) is 0 Å². The maximum atomic E-state index is 3.63. The molecule has 0 saturated heterocycles. The molecular weight excluding hydrogens is 182 g/mol. The van der Waals surface area contributed by atoms with Gasteiger partial charge < -0.3 is 5.32 Å². The van der Waals surface area contributed by atoms with E-state index in [0.29, 0.717) is 12.1 Å². The predicted octanol–water partition coefficient (Wildman–Crippen LogP) is 3.77. The van der Waals surface area contributed by atoms with Crippen LogP contribution in [-0.4, -0.2) is 6.04 Å². The molecule has 1 rings (SSSR count). The Bertz CT molecular complexity index is 266. The summed E-state index contributed by atoms with van der Waals surface area (Å²) in [6.45, 7) is 9.03. The summed E-state index contributed by atoms with van der Waals surface area (Å²) in [7, 11) is 0. The third kappa shape index (κ3) is 4.48. The number of benzene rings is 1. The third-order valence-electron chi connectivity index (χ3n) is 2.66. The molecule has 0 saturated carbocycles. The maximum Gasteiger partial charge on any atom is 0.0294 e. The van der Waals surface area contributed by atoms with Crippen molar-refractivity contribution in [1.82, 2.24) is 5.32 Å². The maximum absolute atomic E-state index is 3.63. The quantitative estimate of drug-likeness (QED) is 0.771. The Labute approximate surface area is 93.9 Å². The van der Waals surface area contributed by atoms with Crippen molar-refractivity contribution in [2.24, 2.45) is 5.92 Å². The zero-order chi connectivity index (χ0) is 11.3. The summed E-state index contributed by atoms with van der Waals surface area (Å²) < 4.78 is 0. The molecule has 0 aliphatic heterocycles. The van der Waals surface area contributed by atoms with E-state index in [1.54, 1.807) is 0 Å². The largest absolute Gasteiger partial charge is 0.308 e. The molecular formula is C14H23N. The van der Waals surface area contributed by atoms with Crippen LogP contribution in [-0.2, 0) is 0 Å². The van der Waals surface area contributed by atoms with Crippen molar-refractivity contribution in [3.8, 4) is 0 Å². The Morgan fingerprint density at radius 1 is 1.00 bits per heavy atom. The minimum Gasteiger partial charge on any atom is -0.308 e. The Balaban J connectivity index is 2.45. The first-order chi connectivity index (χ1) is 7.09. The number of nitrogens with one attached hydrogen (secondary N) is 1. The van der Waals surface area contributed by atoms with E-state index >= 15 is 0 Å². The number of hydrogen-bond donors (Lipinski definition) is 1. The van der Waals surface area contributed by atoms with Crippen LogP contribution in [0.25, 0.3) is 0 Å². The molecule has 0 spiro atoms. The first kappa shape index (κ1) is 12.3. The smallest absolute Gasteiger partial charge is 0.0294 e. The van der Waals surface area contributed by atoms with Gasteiger partial charge in [-0.3, -0.25) is 0 Å². The standard InChI is InChI=1S/C14H23N/c1-11(2)10-12(3)15-13(4)14-8-6-5-7-9-14/h5-9,11-13,15H,10H2,1-4H3/t12-,13+/m1/s1. The fourth-order valence-corrected chi connectivity index (χ4v) is 2.04. The van der Waals surface area contributed by atoms with Gasteiger partial charge in [0.2, 0.25) is 0 Å².